The summed E-state index contributed by atoms with van der Waals surface area (Å²) in [5.74, 6) is -1.26. The van der Waals surface area contributed by atoms with Crippen molar-refractivity contribution in [1.29, 1.82) is 0 Å². The average molecular weight is 215 g/mol. The van der Waals surface area contributed by atoms with E-state index in [0.717, 1.165) is 6.07 Å². The molecule has 0 aliphatic heterocycles. The van der Waals surface area contributed by atoms with Crippen LogP contribution in [-0.2, 0) is 0 Å². The van der Waals surface area contributed by atoms with Crippen LogP contribution in [0.25, 0.3) is 0 Å². The molecule has 84 valence electrons. The Balaban J connectivity index is 2.65. The van der Waals surface area contributed by atoms with E-state index >= 15 is 0 Å². The van der Waals surface area contributed by atoms with Crippen molar-refractivity contribution in [2.45, 2.75) is 25.9 Å². The van der Waals surface area contributed by atoms with E-state index in [4.69, 9.17) is 0 Å². The molecule has 0 saturated heterocycles. The Morgan fingerprint density at radius 1 is 1.27 bits per heavy atom. The van der Waals surface area contributed by atoms with Crippen LogP contribution in [0, 0.1) is 11.6 Å². The van der Waals surface area contributed by atoms with Gasteiger partial charge in [-0.1, -0.05) is 6.92 Å². The standard InChI is InChI=1S/C11H15F2NO/c1-3-11(2,15)7-14-10-5-8(12)4-9(13)6-10/h4-6,14-15H,3,7H2,1-2H3. The highest BCUT2D eigenvalue weighted by atomic mass is 19.1. The van der Waals surface area contributed by atoms with Gasteiger partial charge in [0.25, 0.3) is 0 Å². The van der Waals surface area contributed by atoms with Crippen LogP contribution in [0.2, 0.25) is 0 Å². The van der Waals surface area contributed by atoms with E-state index in [-0.39, 0.29) is 6.54 Å². The summed E-state index contributed by atoms with van der Waals surface area (Å²) in [7, 11) is 0. The first kappa shape index (κ1) is 11.9. The molecule has 0 heterocycles. The van der Waals surface area contributed by atoms with Gasteiger partial charge in [-0.15, -0.1) is 0 Å². The molecular formula is C11H15F2NO. The maximum atomic E-state index is 12.8. The molecule has 0 fully saturated rings. The fourth-order valence-electron chi connectivity index (χ4n) is 1.07. The highest BCUT2D eigenvalue weighted by molar-refractivity contribution is 5.43. The molecule has 1 atom stereocenters. The zero-order valence-electron chi connectivity index (χ0n) is 8.85. The van der Waals surface area contributed by atoms with Crippen molar-refractivity contribution in [3.63, 3.8) is 0 Å². The predicted octanol–water partition coefficient (Wildman–Crippen LogP) is 2.54. The minimum absolute atomic E-state index is 0.256. The van der Waals surface area contributed by atoms with E-state index in [0.29, 0.717) is 12.1 Å². The van der Waals surface area contributed by atoms with Gasteiger partial charge in [-0.25, -0.2) is 8.78 Å². The second-order valence-electron chi connectivity index (χ2n) is 3.86. The molecule has 1 rings (SSSR count). The Bertz CT molecular complexity index is 319. The summed E-state index contributed by atoms with van der Waals surface area (Å²) >= 11 is 0. The van der Waals surface area contributed by atoms with Crippen LogP contribution in [0.5, 0.6) is 0 Å². The zero-order valence-corrected chi connectivity index (χ0v) is 8.85. The Hall–Kier alpha value is -1.16. The molecule has 0 aliphatic rings. The van der Waals surface area contributed by atoms with E-state index in [1.54, 1.807) is 6.92 Å². The van der Waals surface area contributed by atoms with Crippen molar-refractivity contribution in [2.24, 2.45) is 0 Å². The van der Waals surface area contributed by atoms with Gasteiger partial charge in [0.1, 0.15) is 11.6 Å². The lowest BCUT2D eigenvalue weighted by Gasteiger charge is -2.22. The molecule has 4 heteroatoms. The van der Waals surface area contributed by atoms with Gasteiger partial charge in [0.2, 0.25) is 0 Å². The number of hydrogen-bond acceptors (Lipinski definition) is 2. The number of halogens is 2. The third kappa shape index (κ3) is 3.83. The zero-order chi connectivity index (χ0) is 11.5. The summed E-state index contributed by atoms with van der Waals surface area (Å²) in [6.45, 7) is 3.76. The summed E-state index contributed by atoms with van der Waals surface area (Å²) in [5, 5.41) is 12.5. The molecule has 1 unspecified atom stereocenters. The number of rotatable bonds is 4. The van der Waals surface area contributed by atoms with Crippen molar-refractivity contribution in [3.8, 4) is 0 Å². The second kappa shape index (κ2) is 4.57. The van der Waals surface area contributed by atoms with E-state index < -0.39 is 17.2 Å². The number of nitrogens with one attached hydrogen (secondary N) is 1. The van der Waals surface area contributed by atoms with Gasteiger partial charge in [-0.05, 0) is 25.5 Å². The summed E-state index contributed by atoms with van der Waals surface area (Å²) in [6.07, 6.45) is 0.567. The van der Waals surface area contributed by atoms with Crippen LogP contribution < -0.4 is 5.32 Å². The monoisotopic (exact) mass is 215 g/mol. The number of hydrogen-bond donors (Lipinski definition) is 2. The Labute approximate surface area is 87.9 Å². The van der Waals surface area contributed by atoms with Crippen molar-refractivity contribution in [1.82, 2.24) is 0 Å². The molecule has 0 radical (unpaired) electrons. The second-order valence-corrected chi connectivity index (χ2v) is 3.86. The fraction of sp³-hybridized carbons (Fsp3) is 0.455. The normalized spacial score (nSPS) is 14.7. The topological polar surface area (TPSA) is 32.3 Å². The largest absolute Gasteiger partial charge is 0.388 e. The minimum Gasteiger partial charge on any atom is -0.388 e. The number of anilines is 1. The number of aliphatic hydroxyl groups is 1. The first-order valence-electron chi connectivity index (χ1n) is 4.85. The van der Waals surface area contributed by atoms with Crippen LogP contribution in [0.3, 0.4) is 0 Å². The molecule has 0 amide bonds. The molecule has 1 aromatic carbocycles. The Kier molecular flexibility index (Phi) is 3.63. The van der Waals surface area contributed by atoms with Crippen LogP contribution in [0.15, 0.2) is 18.2 Å². The molecule has 0 aromatic heterocycles. The highest BCUT2D eigenvalue weighted by Gasteiger charge is 2.16. The fourth-order valence-corrected chi connectivity index (χ4v) is 1.07. The molecule has 1 aromatic rings. The molecular weight excluding hydrogens is 200 g/mol. The van der Waals surface area contributed by atoms with Gasteiger partial charge < -0.3 is 10.4 Å². The summed E-state index contributed by atoms with van der Waals surface area (Å²) in [4.78, 5) is 0. The van der Waals surface area contributed by atoms with Gasteiger partial charge >= 0.3 is 0 Å². The van der Waals surface area contributed by atoms with E-state index in [1.165, 1.54) is 12.1 Å². The quantitative estimate of drug-likeness (QED) is 0.809. The van der Waals surface area contributed by atoms with Crippen molar-refractivity contribution < 1.29 is 13.9 Å². The Morgan fingerprint density at radius 3 is 2.27 bits per heavy atom. The molecule has 2 nitrogen and oxygen atoms in total. The molecule has 0 bridgehead atoms. The summed E-state index contributed by atoms with van der Waals surface area (Å²) in [6, 6.07) is 3.19. The molecule has 2 N–H and O–H groups in total. The maximum absolute atomic E-state index is 12.8. The molecule has 0 saturated carbocycles. The summed E-state index contributed by atoms with van der Waals surface area (Å²) in [5.41, 5.74) is -0.538. The van der Waals surface area contributed by atoms with Crippen LogP contribution in [0.4, 0.5) is 14.5 Å². The molecule has 0 aliphatic carbocycles. The van der Waals surface area contributed by atoms with E-state index in [1.807, 2.05) is 6.92 Å². The SMILES string of the molecule is CCC(C)(O)CNc1cc(F)cc(F)c1. The molecule has 0 spiro atoms. The lowest BCUT2D eigenvalue weighted by molar-refractivity contribution is 0.0697. The van der Waals surface area contributed by atoms with Crippen molar-refractivity contribution in [3.05, 3.63) is 29.8 Å². The van der Waals surface area contributed by atoms with Gasteiger partial charge in [-0.2, -0.15) is 0 Å². The summed E-state index contributed by atoms with van der Waals surface area (Å²) < 4.78 is 25.6. The van der Waals surface area contributed by atoms with Crippen LogP contribution in [-0.4, -0.2) is 17.3 Å². The van der Waals surface area contributed by atoms with Gasteiger partial charge in [0, 0.05) is 18.3 Å². The average Bonchev–Trinajstić information content (AvgIpc) is 2.14. The van der Waals surface area contributed by atoms with Crippen LogP contribution >= 0.6 is 0 Å². The van der Waals surface area contributed by atoms with E-state index in [9.17, 15) is 13.9 Å². The highest BCUT2D eigenvalue weighted by Crippen LogP contribution is 2.15. The lowest BCUT2D eigenvalue weighted by Crippen LogP contribution is -2.32. The van der Waals surface area contributed by atoms with Gasteiger partial charge in [0.05, 0.1) is 5.60 Å². The Morgan fingerprint density at radius 2 is 1.80 bits per heavy atom. The first-order valence-corrected chi connectivity index (χ1v) is 4.85. The maximum Gasteiger partial charge on any atom is 0.128 e. The third-order valence-corrected chi connectivity index (χ3v) is 2.30. The third-order valence-electron chi connectivity index (χ3n) is 2.30. The van der Waals surface area contributed by atoms with Gasteiger partial charge in [-0.3, -0.25) is 0 Å². The predicted molar refractivity (Wildman–Crippen MR) is 55.8 cm³/mol. The van der Waals surface area contributed by atoms with Crippen LogP contribution in [0.1, 0.15) is 20.3 Å². The lowest BCUT2D eigenvalue weighted by atomic mass is 10.0. The van der Waals surface area contributed by atoms with E-state index in [2.05, 4.69) is 5.32 Å². The van der Waals surface area contributed by atoms with Gasteiger partial charge in [0.15, 0.2) is 0 Å². The minimum atomic E-state index is -0.872. The number of benzene rings is 1. The first-order chi connectivity index (χ1) is 6.93. The smallest absolute Gasteiger partial charge is 0.128 e. The molecule has 15 heavy (non-hydrogen) atoms. The van der Waals surface area contributed by atoms with Crippen molar-refractivity contribution >= 4 is 5.69 Å². The van der Waals surface area contributed by atoms with Crippen molar-refractivity contribution in [2.75, 3.05) is 11.9 Å².